The van der Waals surface area contributed by atoms with Gasteiger partial charge >= 0.3 is 26.2 Å². The normalized spacial score (nSPS) is 10.3. The first-order chi connectivity index (χ1) is 24.7. The molecule has 4 heteroatoms. The summed E-state index contributed by atoms with van der Waals surface area (Å²) in [7, 11) is 0. The molecule has 0 fully saturated rings. The Morgan fingerprint density at radius 1 is 0.596 bits per heavy atom. The summed E-state index contributed by atoms with van der Waals surface area (Å²) in [5.74, 6) is 1.89. The van der Waals surface area contributed by atoms with Crippen molar-refractivity contribution in [1.29, 1.82) is 0 Å². The van der Waals surface area contributed by atoms with Crippen LogP contribution in [-0.4, -0.2) is 18.3 Å². The fourth-order valence-electron chi connectivity index (χ4n) is 5.72. The van der Waals surface area contributed by atoms with Crippen LogP contribution in [0.25, 0.3) is 27.6 Å². The molecule has 0 saturated heterocycles. The van der Waals surface area contributed by atoms with Gasteiger partial charge in [-0.15, -0.1) is 36.5 Å². The van der Waals surface area contributed by atoms with E-state index in [-0.39, 0.29) is 32.0 Å². The van der Waals surface area contributed by atoms with E-state index >= 15 is 0 Å². The second-order valence-corrected chi connectivity index (χ2v) is 13.2. The molecular formula is C48H52NO2Zr. The van der Waals surface area contributed by atoms with Crippen molar-refractivity contribution in [2.45, 2.75) is 52.9 Å². The van der Waals surface area contributed by atoms with Gasteiger partial charge in [0.05, 0.1) is 6.61 Å². The molecule has 0 heterocycles. The molecule has 265 valence electrons. The Morgan fingerprint density at radius 2 is 1.06 bits per heavy atom. The first-order valence-corrected chi connectivity index (χ1v) is 17.8. The molecule has 0 saturated carbocycles. The number of benzene rings is 6. The van der Waals surface area contributed by atoms with Crippen molar-refractivity contribution in [3.05, 3.63) is 193 Å². The molecule has 0 spiro atoms. The smallest absolute Gasteiger partial charge is 0.684 e. The van der Waals surface area contributed by atoms with Crippen LogP contribution in [-0.2, 0) is 26.2 Å². The first kappa shape index (κ1) is 41.8. The van der Waals surface area contributed by atoms with Gasteiger partial charge in [-0.3, -0.25) is 0 Å². The van der Waals surface area contributed by atoms with Gasteiger partial charge in [0.15, 0.2) is 0 Å². The van der Waals surface area contributed by atoms with Gasteiger partial charge in [-0.05, 0) is 36.8 Å². The van der Waals surface area contributed by atoms with Crippen molar-refractivity contribution < 1.29 is 36.0 Å². The Kier molecular flexibility index (Phi) is 17.4. The molecule has 0 aromatic heterocycles. The molecule has 0 aliphatic heterocycles. The molecule has 6 aromatic rings. The number of hydrogen-bond acceptors (Lipinski definition) is 2. The summed E-state index contributed by atoms with van der Waals surface area (Å²) in [6, 6.07) is 48.0. The maximum Gasteiger partial charge on any atom is 3.00 e. The van der Waals surface area contributed by atoms with E-state index in [1.165, 1.54) is 16.7 Å². The number of rotatable bonds is 10. The molecule has 0 aliphatic rings. The summed E-state index contributed by atoms with van der Waals surface area (Å²) in [6.45, 7) is 19.8. The van der Waals surface area contributed by atoms with Crippen molar-refractivity contribution in [3.63, 3.8) is 0 Å². The van der Waals surface area contributed by atoms with Gasteiger partial charge in [0.1, 0.15) is 11.5 Å². The van der Waals surface area contributed by atoms with Gasteiger partial charge in [-0.1, -0.05) is 135 Å². The van der Waals surface area contributed by atoms with Crippen molar-refractivity contribution in [3.8, 4) is 33.8 Å². The van der Waals surface area contributed by atoms with E-state index in [2.05, 4.69) is 60.6 Å². The monoisotopic (exact) mass is 764 g/mol. The summed E-state index contributed by atoms with van der Waals surface area (Å²) in [4.78, 5) is 0. The molecule has 6 rings (SSSR count). The maximum atomic E-state index is 11.1. The topological polar surface area (TPSA) is 43.6 Å². The van der Waals surface area contributed by atoms with E-state index < -0.39 is 0 Å². The molecule has 0 atom stereocenters. The minimum atomic E-state index is 0. The fourth-order valence-corrected chi connectivity index (χ4v) is 5.72. The van der Waals surface area contributed by atoms with Gasteiger partial charge in [0.25, 0.3) is 0 Å². The van der Waals surface area contributed by atoms with E-state index in [9.17, 15) is 5.11 Å². The fraction of sp³-hybridized carbons (Fsp3) is 0.208. The summed E-state index contributed by atoms with van der Waals surface area (Å²) in [6.07, 6.45) is 0.813. The Balaban J connectivity index is 0.000000402. The summed E-state index contributed by atoms with van der Waals surface area (Å²) in [5, 5.41) is 16.2. The number of para-hydroxylation sites is 2. The second kappa shape index (κ2) is 21.6. The quantitative estimate of drug-likeness (QED) is 0.111. The molecular weight excluding hydrogens is 714 g/mol. The zero-order valence-corrected chi connectivity index (χ0v) is 33.8. The number of nitrogens with zero attached hydrogens (tertiary/aromatic N) is 1. The number of hydrogen-bond donors (Lipinski definition) is 1. The van der Waals surface area contributed by atoms with E-state index in [0.717, 1.165) is 51.2 Å². The Morgan fingerprint density at radius 3 is 1.56 bits per heavy atom. The number of phenolic OH excluding ortho intramolecular Hbond substituents is 1. The van der Waals surface area contributed by atoms with Crippen LogP contribution < -0.4 is 4.74 Å². The van der Waals surface area contributed by atoms with Crippen molar-refractivity contribution in [2.24, 2.45) is 0 Å². The third-order valence-corrected chi connectivity index (χ3v) is 8.37. The average molecular weight is 766 g/mol. The number of aryl methyl sites for hydroxylation is 1. The molecule has 52 heavy (non-hydrogen) atoms. The number of phenols is 1. The zero-order valence-electron chi connectivity index (χ0n) is 31.3. The van der Waals surface area contributed by atoms with Crippen LogP contribution in [0.2, 0.25) is 0 Å². The third kappa shape index (κ3) is 12.5. The van der Waals surface area contributed by atoms with Gasteiger partial charge < -0.3 is 15.2 Å². The van der Waals surface area contributed by atoms with Gasteiger partial charge in [-0.2, -0.15) is 49.2 Å². The summed E-state index contributed by atoms with van der Waals surface area (Å²) < 4.78 is 6.23. The van der Waals surface area contributed by atoms with E-state index in [0.29, 0.717) is 25.0 Å². The maximum absolute atomic E-state index is 11.1. The summed E-state index contributed by atoms with van der Waals surface area (Å²) in [5.41, 5.74) is 10.7. The molecule has 0 bridgehead atoms. The van der Waals surface area contributed by atoms with Crippen LogP contribution in [0.4, 0.5) is 5.69 Å². The van der Waals surface area contributed by atoms with Crippen LogP contribution in [0.5, 0.6) is 11.5 Å². The van der Waals surface area contributed by atoms with Crippen LogP contribution >= 0.6 is 0 Å². The number of ether oxygens (including phenoxy) is 1. The molecule has 1 radical (unpaired) electrons. The van der Waals surface area contributed by atoms with Crippen molar-refractivity contribution in [2.75, 3.05) is 13.2 Å². The van der Waals surface area contributed by atoms with Gasteiger partial charge in [0.2, 0.25) is 0 Å². The van der Waals surface area contributed by atoms with Crippen molar-refractivity contribution in [1.82, 2.24) is 0 Å². The molecule has 6 aromatic carbocycles. The standard InChI is InChI=1S/C34H38NO2.2C7H7.Zr/c1-23(2)30-21-25(5)22-31(24(3)4)33(30)35-19-12-20-37-32-18-10-9-15-28(32)29-17-11-16-27(34(29)36)26-13-7-6-8-14-26;2*1-7-5-3-2-4-6-7;/h6-11,13-18,21-24,36H,12,19-20H2,1-5H3;2*2-6H,1H2;/q3*-1;+3. The Labute approximate surface area is 332 Å². The van der Waals surface area contributed by atoms with Crippen LogP contribution in [0.3, 0.4) is 0 Å². The molecule has 1 N–H and O–H groups in total. The van der Waals surface area contributed by atoms with Gasteiger partial charge in [-0.25, -0.2) is 0 Å². The minimum Gasteiger partial charge on any atom is -0.684 e. The second-order valence-electron chi connectivity index (χ2n) is 13.2. The predicted octanol–water partition coefficient (Wildman–Crippen LogP) is 13.5. The third-order valence-electron chi connectivity index (χ3n) is 8.37. The van der Waals surface area contributed by atoms with Crippen molar-refractivity contribution >= 4 is 5.69 Å². The van der Waals surface area contributed by atoms with E-state index in [1.807, 2.05) is 133 Å². The first-order valence-electron chi connectivity index (χ1n) is 17.8. The van der Waals surface area contributed by atoms with Gasteiger partial charge in [0, 0.05) is 16.7 Å². The largest absolute Gasteiger partial charge is 3.00 e. The molecule has 3 nitrogen and oxygen atoms in total. The molecule has 0 aliphatic carbocycles. The SMILES string of the molecule is Cc1cc(C(C)C)c([N-]CCCOc2ccccc2-c2cccc(-c3ccccc3)c2O)c(C(C)C)c1.[CH2-]c1ccccc1.[CH2-]c1ccccc1.[Zr+3]. The Hall–Kier alpha value is -4.66. The van der Waals surface area contributed by atoms with Crippen LogP contribution in [0.15, 0.2) is 146 Å². The molecule has 0 unspecified atom stereocenters. The minimum absolute atomic E-state index is 0. The molecule has 0 amide bonds. The van der Waals surface area contributed by atoms with E-state index in [4.69, 9.17) is 10.1 Å². The summed E-state index contributed by atoms with van der Waals surface area (Å²) >= 11 is 0. The predicted molar refractivity (Wildman–Crippen MR) is 218 cm³/mol. The average Bonchev–Trinajstić information content (AvgIpc) is 3.13. The van der Waals surface area contributed by atoms with E-state index in [1.54, 1.807) is 0 Å². The Bertz CT molecular complexity index is 1840. The van der Waals surface area contributed by atoms with Crippen LogP contribution in [0, 0.1) is 20.8 Å². The number of aromatic hydroxyl groups is 1. The zero-order chi connectivity index (χ0) is 36.6. The van der Waals surface area contributed by atoms with Crippen LogP contribution in [0.1, 0.15) is 73.8 Å².